The molecule has 0 aromatic carbocycles. The van der Waals surface area contributed by atoms with Crippen molar-refractivity contribution in [3.8, 4) is 0 Å². The van der Waals surface area contributed by atoms with Crippen LogP contribution in [0.2, 0.25) is 0 Å². The van der Waals surface area contributed by atoms with Crippen LogP contribution in [0.5, 0.6) is 0 Å². The molecule has 0 heterocycles. The maximum atomic E-state index is 10.2. The maximum Gasteiger partial charge on any atom is 1.00 e. The second-order valence-corrected chi connectivity index (χ2v) is 1.60. The Labute approximate surface area is 84.7 Å². The molecule has 0 bridgehead atoms. The SMILES string of the molecule is O=C([O-])CCC(=O)C(=O)O.[Na+]. The van der Waals surface area contributed by atoms with E-state index in [0.717, 1.165) is 0 Å². The molecule has 0 amide bonds. The van der Waals surface area contributed by atoms with Crippen LogP contribution < -0.4 is 34.7 Å². The smallest absolute Gasteiger partial charge is 0.550 e. The van der Waals surface area contributed by atoms with E-state index < -0.39 is 30.6 Å². The van der Waals surface area contributed by atoms with E-state index in [9.17, 15) is 19.5 Å². The van der Waals surface area contributed by atoms with Crippen LogP contribution >= 0.6 is 0 Å². The van der Waals surface area contributed by atoms with Gasteiger partial charge in [0.1, 0.15) is 0 Å². The Hall–Kier alpha value is -0.390. The van der Waals surface area contributed by atoms with E-state index >= 15 is 0 Å². The van der Waals surface area contributed by atoms with Crippen LogP contribution in [0.15, 0.2) is 0 Å². The molecule has 0 rings (SSSR count). The summed E-state index contributed by atoms with van der Waals surface area (Å²) in [6.45, 7) is 0. The molecule has 0 aliphatic carbocycles. The Balaban J connectivity index is 0. The molecule has 0 spiro atoms. The van der Waals surface area contributed by atoms with Crippen molar-refractivity contribution in [1.29, 1.82) is 0 Å². The molecule has 0 aliphatic heterocycles. The molecule has 0 saturated heterocycles. The van der Waals surface area contributed by atoms with Gasteiger partial charge in [0.05, 0.1) is 0 Å². The predicted molar refractivity (Wildman–Crippen MR) is 26.9 cm³/mol. The number of hydrogen-bond donors (Lipinski definition) is 1. The van der Waals surface area contributed by atoms with Gasteiger partial charge in [0, 0.05) is 12.4 Å². The van der Waals surface area contributed by atoms with Crippen molar-refractivity contribution in [3.05, 3.63) is 0 Å². The third-order valence-corrected chi connectivity index (χ3v) is 0.795. The molecule has 0 aromatic rings. The number of aliphatic carboxylic acids is 2. The van der Waals surface area contributed by atoms with Crippen molar-refractivity contribution < 1.29 is 54.2 Å². The molecule has 0 unspecified atom stereocenters. The van der Waals surface area contributed by atoms with E-state index in [1.165, 1.54) is 0 Å². The summed E-state index contributed by atoms with van der Waals surface area (Å²) in [5.41, 5.74) is 0. The maximum absolute atomic E-state index is 10.2. The van der Waals surface area contributed by atoms with E-state index in [-0.39, 0.29) is 29.6 Å². The Morgan fingerprint density at radius 1 is 1.18 bits per heavy atom. The molecule has 5 nitrogen and oxygen atoms in total. The zero-order valence-electron chi connectivity index (χ0n) is 5.99. The Bertz CT molecular complexity index is 176. The van der Waals surface area contributed by atoms with Crippen LogP contribution in [0.25, 0.3) is 0 Å². The van der Waals surface area contributed by atoms with E-state index in [0.29, 0.717) is 0 Å². The fraction of sp³-hybridized carbons (Fsp3) is 0.400. The van der Waals surface area contributed by atoms with Crippen LogP contribution in [0, 0.1) is 0 Å². The van der Waals surface area contributed by atoms with Gasteiger partial charge < -0.3 is 15.0 Å². The normalized spacial score (nSPS) is 8.00. The number of rotatable bonds is 4. The van der Waals surface area contributed by atoms with Gasteiger partial charge in [-0.3, -0.25) is 4.79 Å². The van der Waals surface area contributed by atoms with Gasteiger partial charge in [-0.2, -0.15) is 0 Å². The monoisotopic (exact) mass is 168 g/mol. The molecule has 0 aliphatic rings. The van der Waals surface area contributed by atoms with Gasteiger partial charge in [0.15, 0.2) is 0 Å². The number of Topliss-reactive ketones (excluding diaryl/α,β-unsaturated/α-hetero) is 1. The largest absolute Gasteiger partial charge is 1.00 e. The summed E-state index contributed by atoms with van der Waals surface area (Å²) in [5.74, 6) is -4.14. The average molecular weight is 168 g/mol. The molecule has 56 valence electrons. The quantitative estimate of drug-likeness (QED) is 0.335. The molecule has 0 atom stereocenters. The van der Waals surface area contributed by atoms with Gasteiger partial charge in [0.25, 0.3) is 0 Å². The Kier molecular flexibility index (Phi) is 7.60. The first-order valence-electron chi connectivity index (χ1n) is 2.50. The summed E-state index contributed by atoms with van der Waals surface area (Å²) in [4.78, 5) is 29.6. The summed E-state index contributed by atoms with van der Waals surface area (Å²) in [6.07, 6.45) is -1.04. The minimum Gasteiger partial charge on any atom is -0.550 e. The Morgan fingerprint density at radius 3 is 1.91 bits per heavy atom. The van der Waals surface area contributed by atoms with Crippen molar-refractivity contribution in [2.75, 3.05) is 0 Å². The van der Waals surface area contributed by atoms with Gasteiger partial charge in [-0.05, 0) is 6.42 Å². The fourth-order valence-electron chi connectivity index (χ4n) is 0.323. The molecule has 0 radical (unpaired) electrons. The molecule has 0 aromatic heterocycles. The number of carboxylic acid groups (broad SMARTS) is 2. The summed E-state index contributed by atoms with van der Waals surface area (Å²) >= 11 is 0. The van der Waals surface area contributed by atoms with E-state index in [1.54, 1.807) is 0 Å². The predicted octanol–water partition coefficient (Wildman–Crippen LogP) is -4.83. The van der Waals surface area contributed by atoms with Gasteiger partial charge >= 0.3 is 35.5 Å². The van der Waals surface area contributed by atoms with Crippen LogP contribution in [-0.2, 0) is 14.4 Å². The molecule has 0 saturated carbocycles. The van der Waals surface area contributed by atoms with Gasteiger partial charge in [-0.25, -0.2) is 4.79 Å². The number of hydrogen-bond acceptors (Lipinski definition) is 4. The summed E-state index contributed by atoms with van der Waals surface area (Å²) in [7, 11) is 0. The fourth-order valence-corrected chi connectivity index (χ4v) is 0.323. The topological polar surface area (TPSA) is 94.5 Å². The summed E-state index contributed by atoms with van der Waals surface area (Å²) < 4.78 is 0. The van der Waals surface area contributed by atoms with Crippen LogP contribution in [-0.4, -0.2) is 22.8 Å². The molecular weight excluding hydrogens is 163 g/mol. The number of carbonyl (C=O) groups is 3. The van der Waals surface area contributed by atoms with Crippen molar-refractivity contribution >= 4 is 17.7 Å². The molecule has 1 N–H and O–H groups in total. The van der Waals surface area contributed by atoms with E-state index in [1.807, 2.05) is 0 Å². The minimum absolute atomic E-state index is 0. The van der Waals surface area contributed by atoms with Gasteiger partial charge in [-0.1, -0.05) is 0 Å². The first-order valence-corrected chi connectivity index (χ1v) is 2.50. The average Bonchev–Trinajstić information content (AvgIpc) is 1.82. The summed E-state index contributed by atoms with van der Waals surface area (Å²) in [5, 5.41) is 17.6. The Morgan fingerprint density at radius 2 is 1.64 bits per heavy atom. The first-order chi connectivity index (χ1) is 4.54. The van der Waals surface area contributed by atoms with E-state index in [4.69, 9.17) is 5.11 Å². The van der Waals surface area contributed by atoms with Crippen LogP contribution in [0.1, 0.15) is 12.8 Å². The molecule has 6 heteroatoms. The van der Waals surface area contributed by atoms with Gasteiger partial charge in [0.2, 0.25) is 5.78 Å². The second-order valence-electron chi connectivity index (χ2n) is 1.60. The van der Waals surface area contributed by atoms with Crippen LogP contribution in [0.4, 0.5) is 0 Å². The number of ketones is 1. The molecule has 0 fully saturated rings. The standard InChI is InChI=1S/C5H6O5.Na/c6-3(5(9)10)1-2-4(7)8;/h1-2H2,(H,7,8)(H,9,10);/q;+1/p-1. The van der Waals surface area contributed by atoms with Crippen molar-refractivity contribution in [2.24, 2.45) is 0 Å². The third kappa shape index (κ3) is 7.51. The van der Waals surface area contributed by atoms with Crippen molar-refractivity contribution in [2.45, 2.75) is 12.8 Å². The zero-order valence-corrected chi connectivity index (χ0v) is 7.99. The molecular formula is C5H5NaO5. The van der Waals surface area contributed by atoms with Gasteiger partial charge in [-0.15, -0.1) is 0 Å². The number of carbonyl (C=O) groups excluding carboxylic acids is 2. The minimum atomic E-state index is -1.61. The third-order valence-electron chi connectivity index (χ3n) is 0.795. The number of carboxylic acids is 2. The zero-order chi connectivity index (χ0) is 8.15. The second kappa shape index (κ2) is 6.33. The van der Waals surface area contributed by atoms with Crippen molar-refractivity contribution in [3.63, 3.8) is 0 Å². The first kappa shape index (κ1) is 13.2. The molecule has 11 heavy (non-hydrogen) atoms. The van der Waals surface area contributed by atoms with E-state index in [2.05, 4.69) is 0 Å². The van der Waals surface area contributed by atoms with Crippen molar-refractivity contribution in [1.82, 2.24) is 0 Å². The summed E-state index contributed by atoms with van der Waals surface area (Å²) in [6, 6.07) is 0. The van der Waals surface area contributed by atoms with Crippen LogP contribution in [0.3, 0.4) is 0 Å².